The number of aliphatic hydroxyl groups is 2. The Morgan fingerprint density at radius 2 is 0.889 bits per heavy atom. The number of ketones is 2. The normalized spacial score (nSPS) is 18.1. The highest BCUT2D eigenvalue weighted by molar-refractivity contribution is 5.96. The number of rotatable bonds is 24. The number of nitrogens with zero attached hydrogens (tertiary/aromatic N) is 4. The standard InChI is InChI=1S/2C25H37N5O6/c2*1-5-10-18(27-23(34)19-13-17(31)15-30(19)6-2)22(33)24(35)26-14-20(32)28-21(25(36)29(3)4)16-11-8-7-9-12-16/h2*7-9,11-12,18-19,21-22,33H,5-6,10,13-15H2,1-4H3,(H,26,35)(H,27,34)(H,28,32)/t2*18?,19-,21-,22?/m00/s1. The maximum Gasteiger partial charge on any atom is 0.251 e. The predicted octanol–water partition coefficient (Wildman–Crippen LogP) is -1.29. The Morgan fingerprint density at radius 3 is 1.18 bits per heavy atom. The molecule has 4 unspecified atom stereocenters. The van der Waals surface area contributed by atoms with Crippen LogP contribution in [0.1, 0.15) is 89.4 Å². The molecule has 0 aromatic heterocycles. The third kappa shape index (κ3) is 17.9. The van der Waals surface area contributed by atoms with Crippen molar-refractivity contribution in [3.63, 3.8) is 0 Å². The SMILES string of the molecule is CCCC(NC(=O)[C@@H]1CC(=O)CN1CC)C(O)C(=O)NCC(=O)N[C@H](C(=O)N(C)C)c1ccccc1.CCCC(NC(=O)[C@@H]1CC(=O)CN1CC)C(O)C(=O)NCC(=O)N[C@H](C(=O)N(C)C)c1ccccc1. The molecule has 2 fully saturated rings. The van der Waals surface area contributed by atoms with Crippen LogP contribution in [-0.4, -0.2) is 192 Å². The summed E-state index contributed by atoms with van der Waals surface area (Å²) in [5, 5.41) is 36.6. The van der Waals surface area contributed by atoms with E-state index in [4.69, 9.17) is 0 Å². The average molecular weight is 1010 g/mol. The molecule has 8 atom stereocenters. The lowest BCUT2D eigenvalue weighted by Gasteiger charge is -2.27. The molecular formula is C50H74N10O12. The van der Waals surface area contributed by atoms with E-state index in [9.17, 15) is 58.2 Å². The first kappa shape index (κ1) is 59.7. The quantitative estimate of drug-likeness (QED) is 0.0608. The fraction of sp³-hybridized carbons (Fsp3) is 0.560. The second kappa shape index (κ2) is 29.7. The van der Waals surface area contributed by atoms with Crippen molar-refractivity contribution in [2.75, 3.05) is 67.5 Å². The molecule has 8 N–H and O–H groups in total. The van der Waals surface area contributed by atoms with Crippen molar-refractivity contribution in [2.24, 2.45) is 0 Å². The van der Waals surface area contributed by atoms with Gasteiger partial charge in [-0.25, -0.2) is 0 Å². The van der Waals surface area contributed by atoms with E-state index in [1.165, 1.54) is 9.80 Å². The number of aliphatic hydroxyl groups excluding tert-OH is 2. The zero-order valence-corrected chi connectivity index (χ0v) is 42.6. The molecule has 4 rings (SSSR count). The highest BCUT2D eigenvalue weighted by atomic mass is 16.3. The van der Waals surface area contributed by atoms with Crippen molar-refractivity contribution in [3.05, 3.63) is 71.8 Å². The fourth-order valence-corrected chi connectivity index (χ4v) is 8.19. The van der Waals surface area contributed by atoms with Gasteiger partial charge in [-0.2, -0.15) is 0 Å². The number of amides is 8. The van der Waals surface area contributed by atoms with Crippen LogP contribution >= 0.6 is 0 Å². The summed E-state index contributed by atoms with van der Waals surface area (Å²) >= 11 is 0. The zero-order valence-electron chi connectivity index (χ0n) is 42.6. The molecule has 396 valence electrons. The second-order valence-corrected chi connectivity index (χ2v) is 18.1. The Labute approximate surface area is 421 Å². The average Bonchev–Trinajstić information content (AvgIpc) is 3.96. The van der Waals surface area contributed by atoms with Crippen LogP contribution < -0.4 is 31.9 Å². The van der Waals surface area contributed by atoms with E-state index in [2.05, 4.69) is 31.9 Å². The summed E-state index contributed by atoms with van der Waals surface area (Å²) in [5.74, 6) is -4.45. The molecule has 0 radical (unpaired) electrons. The molecule has 2 heterocycles. The van der Waals surface area contributed by atoms with Crippen molar-refractivity contribution >= 4 is 58.8 Å². The number of likely N-dealkylation sites (N-methyl/N-ethyl adjacent to an activating group) is 4. The first-order chi connectivity index (χ1) is 34.2. The van der Waals surface area contributed by atoms with Crippen LogP contribution in [0.4, 0.5) is 0 Å². The van der Waals surface area contributed by atoms with Crippen molar-refractivity contribution in [1.82, 2.24) is 51.5 Å². The molecule has 2 aliphatic rings. The summed E-state index contributed by atoms with van der Waals surface area (Å²) in [4.78, 5) is 131. The smallest absolute Gasteiger partial charge is 0.251 e. The largest absolute Gasteiger partial charge is 0.381 e. The van der Waals surface area contributed by atoms with Crippen molar-refractivity contribution in [3.8, 4) is 0 Å². The van der Waals surface area contributed by atoms with Crippen LogP contribution in [0.15, 0.2) is 60.7 Å². The highest BCUT2D eigenvalue weighted by Crippen LogP contribution is 2.19. The molecule has 0 saturated carbocycles. The van der Waals surface area contributed by atoms with Crippen LogP contribution in [0.3, 0.4) is 0 Å². The molecule has 2 saturated heterocycles. The minimum Gasteiger partial charge on any atom is -0.381 e. The fourth-order valence-electron chi connectivity index (χ4n) is 8.19. The van der Waals surface area contributed by atoms with Crippen LogP contribution in [0.25, 0.3) is 0 Å². The predicted molar refractivity (Wildman–Crippen MR) is 265 cm³/mol. The van der Waals surface area contributed by atoms with Crippen LogP contribution in [0.2, 0.25) is 0 Å². The first-order valence-corrected chi connectivity index (χ1v) is 24.3. The molecule has 2 aromatic carbocycles. The van der Waals surface area contributed by atoms with E-state index >= 15 is 0 Å². The Morgan fingerprint density at radius 1 is 0.556 bits per heavy atom. The maximum absolute atomic E-state index is 12.8. The van der Waals surface area contributed by atoms with Gasteiger partial charge in [0.05, 0.1) is 50.3 Å². The third-order valence-corrected chi connectivity index (χ3v) is 12.2. The number of carbonyl (C=O) groups is 10. The van der Waals surface area contributed by atoms with E-state index in [0.717, 1.165) is 0 Å². The van der Waals surface area contributed by atoms with E-state index < -0.39 is 97.0 Å². The summed E-state index contributed by atoms with van der Waals surface area (Å²) in [6.07, 6.45) is -1.18. The van der Waals surface area contributed by atoms with Crippen LogP contribution in [0.5, 0.6) is 0 Å². The summed E-state index contributed by atoms with van der Waals surface area (Å²) in [5.41, 5.74) is 1.18. The van der Waals surface area contributed by atoms with Gasteiger partial charge in [0.15, 0.2) is 12.2 Å². The lowest BCUT2D eigenvalue weighted by Crippen LogP contribution is -2.55. The third-order valence-electron chi connectivity index (χ3n) is 12.2. The lowest BCUT2D eigenvalue weighted by molar-refractivity contribution is -0.137. The zero-order chi connectivity index (χ0) is 53.7. The highest BCUT2D eigenvalue weighted by Gasteiger charge is 2.39. The number of benzene rings is 2. The summed E-state index contributed by atoms with van der Waals surface area (Å²) < 4.78 is 0. The van der Waals surface area contributed by atoms with Gasteiger partial charge in [0, 0.05) is 41.0 Å². The van der Waals surface area contributed by atoms with Crippen LogP contribution in [0, 0.1) is 0 Å². The molecule has 0 bridgehead atoms. The van der Waals surface area contributed by atoms with E-state index in [1.54, 1.807) is 98.7 Å². The van der Waals surface area contributed by atoms with E-state index in [1.807, 2.05) is 27.7 Å². The van der Waals surface area contributed by atoms with Gasteiger partial charge in [-0.15, -0.1) is 0 Å². The van der Waals surface area contributed by atoms with Crippen LogP contribution in [-0.2, 0) is 47.9 Å². The number of likely N-dealkylation sites (tertiary alicyclic amines) is 2. The number of Topliss-reactive ketones (excluding diaryl/α,β-unsaturated/α-hetero) is 2. The molecule has 22 nitrogen and oxygen atoms in total. The monoisotopic (exact) mass is 1010 g/mol. The number of hydrogen-bond donors (Lipinski definition) is 8. The molecule has 22 heteroatoms. The Hall–Kier alpha value is -6.62. The van der Waals surface area contributed by atoms with Gasteiger partial charge in [-0.05, 0) is 37.1 Å². The molecule has 0 spiro atoms. The number of carbonyl (C=O) groups excluding carboxylic acids is 10. The second-order valence-electron chi connectivity index (χ2n) is 18.1. The Bertz CT molecular complexity index is 2030. The lowest BCUT2D eigenvalue weighted by atomic mass is 10.0. The van der Waals surface area contributed by atoms with Crippen molar-refractivity contribution < 1.29 is 58.2 Å². The first-order valence-electron chi connectivity index (χ1n) is 24.3. The van der Waals surface area contributed by atoms with Gasteiger partial charge in [-0.3, -0.25) is 57.7 Å². The molecule has 72 heavy (non-hydrogen) atoms. The molecule has 2 aliphatic heterocycles. The maximum atomic E-state index is 12.8. The number of nitrogens with one attached hydrogen (secondary N) is 6. The van der Waals surface area contributed by atoms with E-state index in [-0.39, 0.29) is 49.3 Å². The Balaban J connectivity index is 0.000000380. The Kier molecular flexibility index (Phi) is 24.6. The minimum atomic E-state index is -1.60. The summed E-state index contributed by atoms with van der Waals surface area (Å²) in [6, 6.07) is 12.5. The summed E-state index contributed by atoms with van der Waals surface area (Å²) in [7, 11) is 6.30. The molecular weight excluding hydrogens is 933 g/mol. The van der Waals surface area contributed by atoms with Gasteiger partial charge in [0.25, 0.3) is 11.8 Å². The van der Waals surface area contributed by atoms with Crippen molar-refractivity contribution in [1.29, 1.82) is 0 Å². The van der Waals surface area contributed by atoms with Gasteiger partial charge in [-0.1, -0.05) is 101 Å². The molecule has 2 aromatic rings. The topological polar surface area (TPSA) is 296 Å². The molecule has 0 aliphatic carbocycles. The summed E-state index contributed by atoms with van der Waals surface area (Å²) in [6.45, 7) is 7.92. The van der Waals surface area contributed by atoms with Crippen molar-refractivity contribution in [2.45, 2.75) is 115 Å². The van der Waals surface area contributed by atoms with Gasteiger partial charge < -0.3 is 51.9 Å². The van der Waals surface area contributed by atoms with Gasteiger partial charge in [0.1, 0.15) is 23.7 Å². The van der Waals surface area contributed by atoms with Gasteiger partial charge in [0.2, 0.25) is 35.4 Å². The van der Waals surface area contributed by atoms with Gasteiger partial charge >= 0.3 is 0 Å². The molecule has 8 amide bonds. The van der Waals surface area contributed by atoms with E-state index in [0.29, 0.717) is 49.9 Å². The number of hydrogen-bond acceptors (Lipinski definition) is 14. The minimum absolute atomic E-state index is 0.0325.